The molecule has 7 atom stereocenters. The zero-order valence-corrected chi connectivity index (χ0v) is 14.1. The average molecular weight is 303 g/mol. The number of imide groups is 1. The first-order valence-corrected chi connectivity index (χ1v) is 9.27. The van der Waals surface area contributed by atoms with E-state index in [4.69, 9.17) is 0 Å². The predicted molar refractivity (Wildman–Crippen MR) is 84.7 cm³/mol. The summed E-state index contributed by atoms with van der Waals surface area (Å²) >= 11 is 0. The molecule has 4 rings (SSSR count). The van der Waals surface area contributed by atoms with Crippen LogP contribution in [0.3, 0.4) is 0 Å². The van der Waals surface area contributed by atoms with Gasteiger partial charge in [0.05, 0.1) is 0 Å². The number of amides is 2. The van der Waals surface area contributed by atoms with E-state index in [2.05, 4.69) is 5.32 Å². The van der Waals surface area contributed by atoms with Crippen LogP contribution in [0.1, 0.15) is 59.3 Å². The smallest absolute Gasteiger partial charge is 0.232 e. The van der Waals surface area contributed by atoms with Crippen molar-refractivity contribution in [2.24, 2.45) is 46.8 Å². The number of rotatable bonds is 3. The van der Waals surface area contributed by atoms with Gasteiger partial charge >= 0.3 is 0 Å². The minimum absolute atomic E-state index is 0.0280. The largest absolute Gasteiger partial charge is 0.296 e. The summed E-state index contributed by atoms with van der Waals surface area (Å²) in [6.07, 6.45) is 7.32. The van der Waals surface area contributed by atoms with Crippen LogP contribution in [-0.2, 0) is 9.59 Å². The summed E-state index contributed by atoms with van der Waals surface area (Å²) in [5.74, 6) is 4.99. The van der Waals surface area contributed by atoms with Gasteiger partial charge in [0.25, 0.3) is 0 Å². The first kappa shape index (κ1) is 14.7. The third kappa shape index (κ3) is 1.93. The number of hydrogen-bond donors (Lipinski definition) is 1. The summed E-state index contributed by atoms with van der Waals surface area (Å²) in [7, 11) is 0. The van der Waals surface area contributed by atoms with E-state index < -0.39 is 5.41 Å². The lowest BCUT2D eigenvalue weighted by Crippen LogP contribution is -2.46. The third-order valence-electron chi connectivity index (χ3n) is 7.81. The molecule has 122 valence electrons. The van der Waals surface area contributed by atoms with Gasteiger partial charge in [-0.25, -0.2) is 0 Å². The zero-order valence-electron chi connectivity index (χ0n) is 14.1. The molecule has 0 aromatic heterocycles. The second kappa shape index (κ2) is 4.82. The molecular weight excluding hydrogens is 274 g/mol. The molecular formula is C19H29NO2. The van der Waals surface area contributed by atoms with Crippen molar-refractivity contribution in [1.29, 1.82) is 0 Å². The van der Waals surface area contributed by atoms with E-state index in [0.717, 1.165) is 42.4 Å². The monoisotopic (exact) mass is 303 g/mol. The lowest BCUT2D eigenvalue weighted by Gasteiger charge is -2.38. The molecule has 1 N–H and O–H groups in total. The molecule has 4 aliphatic carbocycles. The summed E-state index contributed by atoms with van der Waals surface area (Å²) < 4.78 is 0. The highest BCUT2D eigenvalue weighted by Crippen LogP contribution is 2.68. The first-order valence-electron chi connectivity index (χ1n) is 9.27. The third-order valence-corrected chi connectivity index (χ3v) is 7.81. The van der Waals surface area contributed by atoms with Crippen LogP contribution < -0.4 is 5.32 Å². The zero-order chi connectivity index (χ0) is 15.6. The van der Waals surface area contributed by atoms with Crippen LogP contribution in [0, 0.1) is 46.8 Å². The number of nitrogens with one attached hydrogen (secondary N) is 1. The molecule has 0 aliphatic heterocycles. The predicted octanol–water partition coefficient (Wildman–Crippen LogP) is 3.38. The fourth-order valence-electron chi connectivity index (χ4n) is 6.40. The molecule has 3 nitrogen and oxygen atoms in total. The van der Waals surface area contributed by atoms with Crippen LogP contribution in [0.25, 0.3) is 0 Å². The Morgan fingerprint density at radius 3 is 2.36 bits per heavy atom. The van der Waals surface area contributed by atoms with Crippen LogP contribution in [0.4, 0.5) is 0 Å². The summed E-state index contributed by atoms with van der Waals surface area (Å²) in [5, 5.41) is 2.74. The maximum Gasteiger partial charge on any atom is 0.232 e. The van der Waals surface area contributed by atoms with Crippen molar-refractivity contribution in [2.45, 2.75) is 59.3 Å². The van der Waals surface area contributed by atoms with Gasteiger partial charge in [-0.05, 0) is 74.0 Å². The standard InChI is InChI=1S/C19H29NO2/c1-4-19(2,3)18(22)20-17(21)14-9-12-8-13(14)16-11-6-5-10(7-11)15(12)16/h10-16H,4-9H2,1-3H3,(H,20,21,22). The van der Waals surface area contributed by atoms with Crippen LogP contribution in [-0.4, -0.2) is 11.8 Å². The molecule has 4 saturated carbocycles. The first-order chi connectivity index (χ1) is 10.4. The van der Waals surface area contributed by atoms with Gasteiger partial charge in [0, 0.05) is 11.3 Å². The second-order valence-electron chi connectivity index (χ2n) is 9.05. The number of hydrogen-bond acceptors (Lipinski definition) is 2. The van der Waals surface area contributed by atoms with Gasteiger partial charge in [-0.1, -0.05) is 20.8 Å². The van der Waals surface area contributed by atoms with E-state index in [-0.39, 0.29) is 17.7 Å². The molecule has 22 heavy (non-hydrogen) atoms. The molecule has 4 aliphatic rings. The lowest BCUT2D eigenvalue weighted by atomic mass is 9.67. The Bertz CT molecular complexity index is 512. The van der Waals surface area contributed by atoms with E-state index in [1.165, 1.54) is 25.7 Å². The topological polar surface area (TPSA) is 46.2 Å². The highest BCUT2D eigenvalue weighted by atomic mass is 16.2. The summed E-state index contributed by atoms with van der Waals surface area (Å²) in [6, 6.07) is 0. The second-order valence-corrected chi connectivity index (χ2v) is 9.05. The molecule has 3 heteroatoms. The molecule has 0 aromatic carbocycles. The normalized spacial score (nSPS) is 45.1. The molecule has 0 radical (unpaired) electrons. The Labute approximate surface area is 133 Å². The molecule has 2 amide bonds. The van der Waals surface area contributed by atoms with Gasteiger partial charge in [0.1, 0.15) is 0 Å². The Morgan fingerprint density at radius 2 is 1.68 bits per heavy atom. The average Bonchev–Trinajstić information content (AvgIpc) is 3.24. The van der Waals surface area contributed by atoms with Gasteiger partial charge in [0.2, 0.25) is 11.8 Å². The van der Waals surface area contributed by atoms with Crippen LogP contribution in [0.2, 0.25) is 0 Å². The van der Waals surface area contributed by atoms with Crippen LogP contribution in [0.5, 0.6) is 0 Å². The van der Waals surface area contributed by atoms with Gasteiger partial charge in [-0.3, -0.25) is 14.9 Å². The van der Waals surface area contributed by atoms with Gasteiger partial charge in [-0.2, -0.15) is 0 Å². The van der Waals surface area contributed by atoms with E-state index in [0.29, 0.717) is 5.92 Å². The number of carbonyl (C=O) groups is 2. The summed E-state index contributed by atoms with van der Waals surface area (Å²) in [5.41, 5.74) is -0.442. The Kier molecular flexibility index (Phi) is 3.22. The molecule has 0 spiro atoms. The number of carbonyl (C=O) groups excluding carboxylic acids is 2. The molecule has 7 unspecified atom stereocenters. The van der Waals surface area contributed by atoms with Gasteiger partial charge < -0.3 is 0 Å². The van der Waals surface area contributed by atoms with E-state index in [9.17, 15) is 9.59 Å². The van der Waals surface area contributed by atoms with Crippen molar-refractivity contribution >= 4 is 11.8 Å². The lowest BCUT2D eigenvalue weighted by molar-refractivity contribution is -0.139. The molecule has 4 bridgehead atoms. The van der Waals surface area contributed by atoms with Crippen LogP contribution in [0.15, 0.2) is 0 Å². The molecule has 4 fully saturated rings. The summed E-state index contributed by atoms with van der Waals surface area (Å²) in [4.78, 5) is 25.0. The van der Waals surface area contributed by atoms with E-state index >= 15 is 0 Å². The quantitative estimate of drug-likeness (QED) is 0.812. The van der Waals surface area contributed by atoms with Gasteiger partial charge in [0.15, 0.2) is 0 Å². The number of fused-ring (bicyclic) bond motifs is 9. The fraction of sp³-hybridized carbons (Fsp3) is 0.895. The van der Waals surface area contributed by atoms with Crippen molar-refractivity contribution in [3.05, 3.63) is 0 Å². The van der Waals surface area contributed by atoms with Crippen molar-refractivity contribution < 1.29 is 9.59 Å². The summed E-state index contributed by atoms with van der Waals surface area (Å²) in [6.45, 7) is 5.84. The fourth-order valence-corrected chi connectivity index (χ4v) is 6.40. The Balaban J connectivity index is 1.45. The molecule has 0 aromatic rings. The van der Waals surface area contributed by atoms with Crippen molar-refractivity contribution in [2.75, 3.05) is 0 Å². The maximum atomic E-state index is 12.7. The maximum absolute atomic E-state index is 12.7. The van der Waals surface area contributed by atoms with Crippen molar-refractivity contribution in [3.8, 4) is 0 Å². The minimum Gasteiger partial charge on any atom is -0.296 e. The minimum atomic E-state index is -0.442. The van der Waals surface area contributed by atoms with E-state index in [1.54, 1.807) is 0 Å². The van der Waals surface area contributed by atoms with Crippen LogP contribution >= 0.6 is 0 Å². The molecule has 0 saturated heterocycles. The molecule has 0 heterocycles. The Morgan fingerprint density at radius 1 is 1.00 bits per heavy atom. The highest BCUT2D eigenvalue weighted by Gasteiger charge is 2.63. The van der Waals surface area contributed by atoms with Crippen molar-refractivity contribution in [1.82, 2.24) is 5.32 Å². The Hall–Kier alpha value is -0.860. The highest BCUT2D eigenvalue weighted by molar-refractivity contribution is 5.98. The van der Waals surface area contributed by atoms with Gasteiger partial charge in [-0.15, -0.1) is 0 Å². The van der Waals surface area contributed by atoms with Crippen molar-refractivity contribution in [3.63, 3.8) is 0 Å². The van der Waals surface area contributed by atoms with E-state index in [1.807, 2.05) is 20.8 Å². The SMILES string of the molecule is CCC(C)(C)C(=O)NC(=O)C1CC2CC1C1C3CCC(C3)C21.